The molecule has 160 valence electrons. The minimum atomic E-state index is -0.296. The number of hydrogen-bond acceptors (Lipinski definition) is 6. The van der Waals surface area contributed by atoms with E-state index in [1.54, 1.807) is 28.4 Å². The number of amides is 1. The highest BCUT2D eigenvalue weighted by molar-refractivity contribution is 7.22. The Morgan fingerprint density at radius 3 is 2.90 bits per heavy atom. The lowest BCUT2D eigenvalue weighted by atomic mass is 10.3. The molecule has 5 nitrogen and oxygen atoms in total. The predicted octanol–water partition coefficient (Wildman–Crippen LogP) is 4.69. The van der Waals surface area contributed by atoms with Gasteiger partial charge in [0.05, 0.1) is 23.4 Å². The second kappa shape index (κ2) is 11.0. The van der Waals surface area contributed by atoms with Gasteiger partial charge >= 0.3 is 0 Å². The van der Waals surface area contributed by atoms with Gasteiger partial charge in [0.15, 0.2) is 5.13 Å². The van der Waals surface area contributed by atoms with E-state index in [1.807, 2.05) is 23.6 Å². The van der Waals surface area contributed by atoms with Crippen molar-refractivity contribution in [2.24, 2.45) is 0 Å². The van der Waals surface area contributed by atoms with Crippen molar-refractivity contribution in [2.45, 2.75) is 6.42 Å². The molecule has 0 saturated carbocycles. The Labute approximate surface area is 189 Å². The first kappa shape index (κ1) is 22.8. The summed E-state index contributed by atoms with van der Waals surface area (Å²) < 4.78 is 19.7. The van der Waals surface area contributed by atoms with E-state index >= 15 is 0 Å². The van der Waals surface area contributed by atoms with Crippen LogP contribution in [0.1, 0.15) is 11.3 Å². The molecule has 1 aliphatic heterocycles. The third-order valence-electron chi connectivity index (χ3n) is 4.73. The van der Waals surface area contributed by atoms with Gasteiger partial charge in [-0.2, -0.15) is 0 Å². The first-order valence-corrected chi connectivity index (χ1v) is 11.3. The van der Waals surface area contributed by atoms with Gasteiger partial charge in [-0.05, 0) is 42.1 Å². The van der Waals surface area contributed by atoms with Crippen molar-refractivity contribution < 1.29 is 13.9 Å². The molecule has 3 heterocycles. The molecule has 1 amide bonds. The average molecular weight is 468 g/mol. The second-order valence-corrected chi connectivity index (χ2v) is 8.74. The molecule has 3 aromatic rings. The van der Waals surface area contributed by atoms with Crippen molar-refractivity contribution in [1.29, 1.82) is 0 Å². The number of nitrogens with zero attached hydrogens (tertiary/aromatic N) is 3. The van der Waals surface area contributed by atoms with E-state index in [4.69, 9.17) is 4.74 Å². The largest absolute Gasteiger partial charge is 0.379 e. The molecule has 0 N–H and O–H groups in total. The molecule has 1 aliphatic rings. The molecule has 9 heteroatoms. The highest BCUT2D eigenvalue weighted by Crippen LogP contribution is 2.30. The fraction of sp³-hybridized carbons (Fsp3) is 0.333. The molecule has 1 aromatic carbocycles. The van der Waals surface area contributed by atoms with E-state index in [1.165, 1.54) is 23.5 Å². The number of anilines is 1. The van der Waals surface area contributed by atoms with Gasteiger partial charge in [-0.1, -0.05) is 17.4 Å². The van der Waals surface area contributed by atoms with Crippen LogP contribution in [-0.4, -0.2) is 55.2 Å². The van der Waals surface area contributed by atoms with Gasteiger partial charge in [-0.15, -0.1) is 23.7 Å². The van der Waals surface area contributed by atoms with Crippen LogP contribution in [-0.2, 0) is 9.53 Å². The van der Waals surface area contributed by atoms with E-state index < -0.39 is 0 Å². The number of thiazole rings is 1. The van der Waals surface area contributed by atoms with Crippen molar-refractivity contribution in [2.75, 3.05) is 44.3 Å². The number of carbonyl (C=O) groups excluding carboxylic acids is 1. The first-order valence-electron chi connectivity index (χ1n) is 9.58. The number of thiophene rings is 1. The number of aromatic nitrogens is 1. The molecule has 0 bridgehead atoms. The Kier molecular flexibility index (Phi) is 8.35. The topological polar surface area (TPSA) is 45.7 Å². The summed E-state index contributed by atoms with van der Waals surface area (Å²) in [4.78, 5) is 22.6. The SMILES string of the molecule is Cl.O=C(/C=C/c1cccs1)N(CCCN1CCOCC1)c1nc2ccc(F)cc2s1. The van der Waals surface area contributed by atoms with Gasteiger partial charge in [-0.25, -0.2) is 9.37 Å². The van der Waals surface area contributed by atoms with Gasteiger partial charge < -0.3 is 4.74 Å². The fourth-order valence-electron chi connectivity index (χ4n) is 3.21. The number of morpholine rings is 1. The minimum absolute atomic E-state index is 0. The number of halogens is 2. The Hall–Kier alpha value is -1.84. The quantitative estimate of drug-likeness (QED) is 0.473. The van der Waals surface area contributed by atoms with Crippen LogP contribution in [0.15, 0.2) is 41.8 Å². The van der Waals surface area contributed by atoms with Crippen LogP contribution >= 0.6 is 35.1 Å². The van der Waals surface area contributed by atoms with E-state index in [0.29, 0.717) is 17.2 Å². The Morgan fingerprint density at radius 2 is 2.13 bits per heavy atom. The van der Waals surface area contributed by atoms with Crippen LogP contribution in [0.4, 0.5) is 9.52 Å². The van der Waals surface area contributed by atoms with Crippen LogP contribution < -0.4 is 4.90 Å². The highest BCUT2D eigenvalue weighted by atomic mass is 35.5. The van der Waals surface area contributed by atoms with Crippen LogP contribution in [0.5, 0.6) is 0 Å². The van der Waals surface area contributed by atoms with Crippen molar-refractivity contribution in [3.63, 3.8) is 0 Å². The molecular formula is C21H23ClFN3O2S2. The van der Waals surface area contributed by atoms with E-state index in [-0.39, 0.29) is 24.1 Å². The molecule has 0 radical (unpaired) electrons. The molecule has 1 saturated heterocycles. The highest BCUT2D eigenvalue weighted by Gasteiger charge is 2.19. The first-order chi connectivity index (χ1) is 14.2. The maximum absolute atomic E-state index is 13.6. The summed E-state index contributed by atoms with van der Waals surface area (Å²) in [7, 11) is 0. The molecule has 0 atom stereocenters. The van der Waals surface area contributed by atoms with E-state index in [0.717, 1.165) is 48.8 Å². The van der Waals surface area contributed by atoms with Crippen molar-refractivity contribution in [3.05, 3.63) is 52.5 Å². The summed E-state index contributed by atoms with van der Waals surface area (Å²) in [5, 5.41) is 2.58. The number of benzene rings is 1. The summed E-state index contributed by atoms with van der Waals surface area (Å²) in [6.07, 6.45) is 4.26. The summed E-state index contributed by atoms with van der Waals surface area (Å²) in [6, 6.07) is 8.44. The number of rotatable bonds is 7. The van der Waals surface area contributed by atoms with Gasteiger partial charge in [0, 0.05) is 37.1 Å². The number of ether oxygens (including phenoxy) is 1. The Bertz CT molecular complexity index is 987. The number of carbonyl (C=O) groups is 1. The molecule has 0 aliphatic carbocycles. The lowest BCUT2D eigenvalue weighted by molar-refractivity contribution is -0.114. The third kappa shape index (κ3) is 5.86. The molecule has 30 heavy (non-hydrogen) atoms. The maximum Gasteiger partial charge on any atom is 0.252 e. The predicted molar refractivity (Wildman–Crippen MR) is 124 cm³/mol. The van der Waals surface area contributed by atoms with E-state index in [9.17, 15) is 9.18 Å². The Morgan fingerprint density at radius 1 is 1.30 bits per heavy atom. The fourth-order valence-corrected chi connectivity index (χ4v) is 4.85. The number of fused-ring (bicyclic) bond motifs is 1. The lowest BCUT2D eigenvalue weighted by Crippen LogP contribution is -2.39. The van der Waals surface area contributed by atoms with Gasteiger partial charge in [-0.3, -0.25) is 14.6 Å². The molecule has 0 spiro atoms. The van der Waals surface area contributed by atoms with Crippen LogP contribution in [0.3, 0.4) is 0 Å². The van der Waals surface area contributed by atoms with E-state index in [2.05, 4.69) is 9.88 Å². The van der Waals surface area contributed by atoms with Crippen LogP contribution in [0.2, 0.25) is 0 Å². The standard InChI is InChI=1S/C21H22FN3O2S2.ClH/c22-16-4-6-18-19(15-16)29-21(23-18)25(9-2-8-24-10-12-27-13-11-24)20(26)7-5-17-3-1-14-28-17;/h1,3-7,14-15H,2,8-13H2;1H/b7-5+;. The summed E-state index contributed by atoms with van der Waals surface area (Å²) in [5.74, 6) is -0.407. The van der Waals surface area contributed by atoms with Crippen molar-refractivity contribution >= 4 is 62.4 Å². The van der Waals surface area contributed by atoms with Crippen LogP contribution in [0, 0.1) is 5.82 Å². The van der Waals surface area contributed by atoms with Gasteiger partial charge in [0.1, 0.15) is 5.82 Å². The average Bonchev–Trinajstić information content (AvgIpc) is 3.39. The van der Waals surface area contributed by atoms with Crippen molar-refractivity contribution in [3.8, 4) is 0 Å². The smallest absolute Gasteiger partial charge is 0.252 e. The number of hydrogen-bond donors (Lipinski definition) is 0. The monoisotopic (exact) mass is 467 g/mol. The van der Waals surface area contributed by atoms with Gasteiger partial charge in [0.2, 0.25) is 0 Å². The van der Waals surface area contributed by atoms with Gasteiger partial charge in [0.25, 0.3) is 5.91 Å². The zero-order valence-electron chi connectivity index (χ0n) is 16.3. The zero-order valence-corrected chi connectivity index (χ0v) is 18.8. The Balaban J connectivity index is 0.00000256. The summed E-state index contributed by atoms with van der Waals surface area (Å²) in [6.45, 7) is 4.83. The van der Waals surface area contributed by atoms with Crippen molar-refractivity contribution in [1.82, 2.24) is 9.88 Å². The molecule has 4 rings (SSSR count). The third-order valence-corrected chi connectivity index (χ3v) is 6.61. The summed E-state index contributed by atoms with van der Waals surface area (Å²) >= 11 is 2.93. The summed E-state index contributed by atoms with van der Waals surface area (Å²) in [5.41, 5.74) is 0.708. The molecule has 1 fully saturated rings. The molecule has 2 aromatic heterocycles. The minimum Gasteiger partial charge on any atom is -0.379 e. The molecule has 0 unspecified atom stereocenters. The maximum atomic E-state index is 13.6. The zero-order chi connectivity index (χ0) is 20.1. The normalized spacial score (nSPS) is 14.8. The lowest BCUT2D eigenvalue weighted by Gasteiger charge is -2.27. The molecular weight excluding hydrogens is 445 g/mol. The van der Waals surface area contributed by atoms with Crippen LogP contribution in [0.25, 0.3) is 16.3 Å². The second-order valence-electron chi connectivity index (χ2n) is 6.75.